The summed E-state index contributed by atoms with van der Waals surface area (Å²) in [4.78, 5) is 17.7. The van der Waals surface area contributed by atoms with E-state index in [4.69, 9.17) is 4.74 Å². The van der Waals surface area contributed by atoms with Crippen LogP contribution in [0.25, 0.3) is 0 Å². The van der Waals surface area contributed by atoms with Gasteiger partial charge in [0.2, 0.25) is 0 Å². The van der Waals surface area contributed by atoms with Gasteiger partial charge in [0, 0.05) is 18.3 Å². The summed E-state index contributed by atoms with van der Waals surface area (Å²) in [6.45, 7) is 3.19. The fraction of sp³-hybridized carbons (Fsp3) is 0.625. The molecule has 0 bridgehead atoms. The number of hydrogen-bond donors (Lipinski definition) is 1. The van der Waals surface area contributed by atoms with Crippen LogP contribution in [-0.4, -0.2) is 36.7 Å². The SMILES string of the molecule is O=C(OC[C@@H]1CCC[NH+]2CCCC[C@H]12)c1ccncc1. The molecule has 3 rings (SSSR count). The van der Waals surface area contributed by atoms with Crippen molar-refractivity contribution in [1.82, 2.24) is 4.98 Å². The fourth-order valence-corrected chi connectivity index (χ4v) is 3.73. The standard InChI is InChI=1S/C16H22N2O2/c19-16(13-6-8-17-9-7-13)20-12-14-4-3-11-18-10-2-1-5-15(14)18/h6-9,14-15H,1-5,10-12H2/p+1/t14-,15+/m0/s1. The second-order valence-electron chi connectivity index (χ2n) is 6.00. The molecule has 2 aliphatic rings. The second kappa shape index (κ2) is 6.35. The summed E-state index contributed by atoms with van der Waals surface area (Å²) in [6, 6.07) is 4.13. The number of nitrogens with one attached hydrogen (secondary N) is 1. The van der Waals surface area contributed by atoms with E-state index in [-0.39, 0.29) is 5.97 Å². The molecule has 1 aromatic rings. The summed E-state index contributed by atoms with van der Waals surface area (Å²) < 4.78 is 5.54. The molecule has 0 aromatic carbocycles. The zero-order chi connectivity index (χ0) is 13.8. The highest BCUT2D eigenvalue weighted by Crippen LogP contribution is 2.21. The summed E-state index contributed by atoms with van der Waals surface area (Å²) in [5.74, 6) is 0.333. The summed E-state index contributed by atoms with van der Waals surface area (Å²) in [6.07, 6.45) is 9.72. The smallest absolute Gasteiger partial charge is 0.338 e. The molecule has 108 valence electrons. The van der Waals surface area contributed by atoms with Gasteiger partial charge in [0.1, 0.15) is 6.61 Å². The van der Waals surface area contributed by atoms with E-state index < -0.39 is 0 Å². The molecule has 0 aliphatic carbocycles. The summed E-state index contributed by atoms with van der Waals surface area (Å²) in [7, 11) is 0. The highest BCUT2D eigenvalue weighted by molar-refractivity contribution is 5.89. The van der Waals surface area contributed by atoms with Crippen molar-refractivity contribution in [2.75, 3.05) is 19.7 Å². The largest absolute Gasteiger partial charge is 0.462 e. The molecule has 20 heavy (non-hydrogen) atoms. The molecule has 1 aromatic heterocycles. The fourth-order valence-electron chi connectivity index (χ4n) is 3.73. The first-order valence-electron chi connectivity index (χ1n) is 7.76. The Morgan fingerprint density at radius 2 is 2.00 bits per heavy atom. The Labute approximate surface area is 120 Å². The van der Waals surface area contributed by atoms with E-state index >= 15 is 0 Å². The van der Waals surface area contributed by atoms with Crippen LogP contribution in [0.15, 0.2) is 24.5 Å². The van der Waals surface area contributed by atoms with Crippen molar-refractivity contribution in [2.24, 2.45) is 5.92 Å². The number of fused-ring (bicyclic) bond motifs is 1. The van der Waals surface area contributed by atoms with Gasteiger partial charge in [-0.05, 0) is 44.2 Å². The molecule has 2 fully saturated rings. The first-order valence-corrected chi connectivity index (χ1v) is 7.76. The third-order valence-corrected chi connectivity index (χ3v) is 4.77. The predicted octanol–water partition coefficient (Wildman–Crippen LogP) is 1.09. The highest BCUT2D eigenvalue weighted by Gasteiger charge is 2.37. The first-order chi connectivity index (χ1) is 9.84. The van der Waals surface area contributed by atoms with E-state index in [1.807, 2.05) is 0 Å². The molecule has 0 radical (unpaired) electrons. The molecular formula is C16H23N2O2+. The van der Waals surface area contributed by atoms with Gasteiger partial charge in [-0.1, -0.05) is 0 Å². The van der Waals surface area contributed by atoms with Crippen LogP contribution >= 0.6 is 0 Å². The monoisotopic (exact) mass is 275 g/mol. The molecule has 4 heteroatoms. The van der Waals surface area contributed by atoms with E-state index in [0.717, 1.165) is 0 Å². The first kappa shape index (κ1) is 13.6. The third-order valence-electron chi connectivity index (χ3n) is 4.77. The van der Waals surface area contributed by atoms with Gasteiger partial charge in [-0.25, -0.2) is 4.79 Å². The van der Waals surface area contributed by atoms with Crippen molar-refractivity contribution in [2.45, 2.75) is 38.1 Å². The Balaban J connectivity index is 1.56. The zero-order valence-corrected chi connectivity index (χ0v) is 11.9. The van der Waals surface area contributed by atoms with E-state index in [1.165, 1.54) is 45.2 Å². The molecule has 3 heterocycles. The lowest BCUT2D eigenvalue weighted by Gasteiger charge is -2.40. The number of pyridine rings is 1. The Bertz CT molecular complexity index is 447. The molecule has 0 saturated carbocycles. The van der Waals surface area contributed by atoms with Crippen LogP contribution in [0.2, 0.25) is 0 Å². The molecule has 1 N–H and O–H groups in total. The van der Waals surface area contributed by atoms with Gasteiger partial charge in [-0.3, -0.25) is 4.98 Å². The number of hydrogen-bond acceptors (Lipinski definition) is 3. The van der Waals surface area contributed by atoms with Crippen LogP contribution < -0.4 is 4.90 Å². The van der Waals surface area contributed by atoms with Crippen LogP contribution in [0.3, 0.4) is 0 Å². The quantitative estimate of drug-likeness (QED) is 0.840. The summed E-state index contributed by atoms with van der Waals surface area (Å²) >= 11 is 0. The molecule has 1 unspecified atom stereocenters. The number of esters is 1. The number of quaternary nitrogens is 1. The van der Waals surface area contributed by atoms with Gasteiger partial charge in [0.05, 0.1) is 24.7 Å². The molecular weight excluding hydrogens is 252 g/mol. The molecule has 2 aliphatic heterocycles. The third kappa shape index (κ3) is 3.01. The van der Waals surface area contributed by atoms with Crippen LogP contribution in [0.1, 0.15) is 42.5 Å². The van der Waals surface area contributed by atoms with Crippen molar-refractivity contribution >= 4 is 5.97 Å². The van der Waals surface area contributed by atoms with Gasteiger partial charge in [0.25, 0.3) is 0 Å². The van der Waals surface area contributed by atoms with Crippen LogP contribution in [0, 0.1) is 5.92 Å². The van der Waals surface area contributed by atoms with E-state index in [1.54, 1.807) is 29.4 Å². The Kier molecular flexibility index (Phi) is 4.31. The minimum Gasteiger partial charge on any atom is -0.462 e. The maximum Gasteiger partial charge on any atom is 0.338 e. The van der Waals surface area contributed by atoms with E-state index in [9.17, 15) is 4.79 Å². The number of nitrogens with zero attached hydrogens (tertiary/aromatic N) is 1. The van der Waals surface area contributed by atoms with Crippen LogP contribution in [-0.2, 0) is 4.74 Å². The zero-order valence-electron chi connectivity index (χ0n) is 11.9. The van der Waals surface area contributed by atoms with Crippen molar-refractivity contribution in [1.29, 1.82) is 0 Å². The van der Waals surface area contributed by atoms with Crippen LogP contribution in [0.4, 0.5) is 0 Å². The minimum atomic E-state index is -0.213. The Morgan fingerprint density at radius 1 is 1.20 bits per heavy atom. The number of aromatic nitrogens is 1. The van der Waals surface area contributed by atoms with Crippen molar-refractivity contribution in [3.63, 3.8) is 0 Å². The topological polar surface area (TPSA) is 43.6 Å². The van der Waals surface area contributed by atoms with E-state index in [0.29, 0.717) is 24.1 Å². The number of carbonyl (C=O) groups is 1. The van der Waals surface area contributed by atoms with Gasteiger partial charge in [-0.2, -0.15) is 0 Å². The lowest BCUT2D eigenvalue weighted by atomic mass is 9.84. The highest BCUT2D eigenvalue weighted by atomic mass is 16.5. The molecule has 3 atom stereocenters. The van der Waals surface area contributed by atoms with E-state index in [2.05, 4.69) is 4.98 Å². The predicted molar refractivity (Wildman–Crippen MR) is 75.6 cm³/mol. The van der Waals surface area contributed by atoms with Crippen LogP contribution in [0.5, 0.6) is 0 Å². The maximum atomic E-state index is 12.0. The molecule has 0 amide bonds. The number of carbonyl (C=O) groups excluding carboxylic acids is 1. The number of rotatable bonds is 3. The minimum absolute atomic E-state index is 0.213. The average Bonchev–Trinajstić information content (AvgIpc) is 2.53. The van der Waals surface area contributed by atoms with Crippen molar-refractivity contribution in [3.05, 3.63) is 30.1 Å². The Hall–Kier alpha value is -1.42. The number of ether oxygens (including phenoxy) is 1. The Morgan fingerprint density at radius 3 is 2.85 bits per heavy atom. The van der Waals surface area contributed by atoms with Gasteiger partial charge in [-0.15, -0.1) is 0 Å². The lowest BCUT2D eigenvalue weighted by molar-refractivity contribution is -0.940. The normalized spacial score (nSPS) is 29.5. The lowest BCUT2D eigenvalue weighted by Crippen LogP contribution is -3.18. The van der Waals surface area contributed by atoms with Crippen molar-refractivity contribution in [3.8, 4) is 0 Å². The van der Waals surface area contributed by atoms with Gasteiger partial charge in [0.15, 0.2) is 0 Å². The number of piperidine rings is 2. The molecule has 2 saturated heterocycles. The summed E-state index contributed by atoms with van der Waals surface area (Å²) in [5.41, 5.74) is 0.601. The van der Waals surface area contributed by atoms with Crippen molar-refractivity contribution < 1.29 is 14.4 Å². The molecule has 4 nitrogen and oxygen atoms in total. The maximum absolute atomic E-state index is 12.0. The molecule has 0 spiro atoms. The summed E-state index contributed by atoms with van der Waals surface area (Å²) in [5, 5.41) is 0. The van der Waals surface area contributed by atoms with Gasteiger partial charge >= 0.3 is 5.97 Å². The van der Waals surface area contributed by atoms with Gasteiger partial charge < -0.3 is 9.64 Å². The average molecular weight is 275 g/mol. The second-order valence-corrected chi connectivity index (χ2v) is 6.00.